The zero-order valence-electron chi connectivity index (χ0n) is 15.9. The zero-order chi connectivity index (χ0) is 18.1. The zero-order valence-corrected chi connectivity index (χ0v) is 16.6. The van der Waals surface area contributed by atoms with E-state index in [9.17, 15) is 0 Å². The predicted octanol–water partition coefficient (Wildman–Crippen LogP) is 5.84. The van der Waals surface area contributed by atoms with Crippen molar-refractivity contribution in [1.29, 1.82) is 0 Å². The summed E-state index contributed by atoms with van der Waals surface area (Å²) in [6.07, 6.45) is 6.78. The first-order valence-corrected chi connectivity index (χ1v) is 10.1. The molecule has 1 N–H and O–H groups in total. The van der Waals surface area contributed by atoms with Crippen molar-refractivity contribution in [3.8, 4) is 0 Å². The number of fused-ring (bicyclic) bond motifs is 1. The average molecular weight is 362 g/mol. The van der Waals surface area contributed by atoms with Crippen LogP contribution in [0.4, 0.5) is 5.69 Å². The Kier molecular flexibility index (Phi) is 8.50. The summed E-state index contributed by atoms with van der Waals surface area (Å²) >= 11 is 6.06. The Bertz CT molecular complexity index is 640. The summed E-state index contributed by atoms with van der Waals surface area (Å²) in [6.45, 7) is 11.5. The molecule has 0 spiro atoms. The standard InChI is InChI=1S/C21H32ClN3/c1-4-13-25(16-17(5-2)6-3)14-7-11-23-20-10-12-24-21-15-18(22)8-9-19(20)21/h8-10,12,15,17H,4-7,11,13-14,16H2,1-3H3,(H,23,24). The Morgan fingerprint density at radius 3 is 2.64 bits per heavy atom. The van der Waals surface area contributed by atoms with E-state index in [1.807, 2.05) is 30.5 Å². The van der Waals surface area contributed by atoms with E-state index in [1.54, 1.807) is 0 Å². The van der Waals surface area contributed by atoms with Gasteiger partial charge in [0.2, 0.25) is 0 Å². The number of pyridine rings is 1. The highest BCUT2D eigenvalue weighted by molar-refractivity contribution is 6.31. The van der Waals surface area contributed by atoms with Crippen LogP contribution in [0.15, 0.2) is 30.5 Å². The van der Waals surface area contributed by atoms with Crippen LogP contribution in [0.1, 0.15) is 46.5 Å². The van der Waals surface area contributed by atoms with Crippen molar-refractivity contribution in [2.75, 3.05) is 31.5 Å². The van der Waals surface area contributed by atoms with Crippen molar-refractivity contribution in [3.05, 3.63) is 35.5 Å². The van der Waals surface area contributed by atoms with E-state index in [4.69, 9.17) is 11.6 Å². The Balaban J connectivity index is 1.87. The van der Waals surface area contributed by atoms with Crippen LogP contribution in [0.3, 0.4) is 0 Å². The highest BCUT2D eigenvalue weighted by Gasteiger charge is 2.10. The molecular formula is C21H32ClN3. The van der Waals surface area contributed by atoms with Crippen molar-refractivity contribution in [1.82, 2.24) is 9.88 Å². The molecule has 0 saturated carbocycles. The largest absolute Gasteiger partial charge is 0.384 e. The topological polar surface area (TPSA) is 28.2 Å². The molecule has 138 valence electrons. The van der Waals surface area contributed by atoms with Crippen LogP contribution in [0.2, 0.25) is 5.02 Å². The van der Waals surface area contributed by atoms with E-state index < -0.39 is 0 Å². The summed E-state index contributed by atoms with van der Waals surface area (Å²) in [4.78, 5) is 7.03. The molecule has 0 amide bonds. The number of aromatic nitrogens is 1. The van der Waals surface area contributed by atoms with Gasteiger partial charge in [-0.15, -0.1) is 0 Å². The molecule has 0 bridgehead atoms. The van der Waals surface area contributed by atoms with Crippen molar-refractivity contribution in [2.45, 2.75) is 46.5 Å². The van der Waals surface area contributed by atoms with Crippen molar-refractivity contribution >= 4 is 28.2 Å². The lowest BCUT2D eigenvalue weighted by atomic mass is 10.0. The van der Waals surface area contributed by atoms with Crippen LogP contribution >= 0.6 is 11.6 Å². The quantitative estimate of drug-likeness (QED) is 0.509. The normalized spacial score (nSPS) is 11.6. The van der Waals surface area contributed by atoms with Gasteiger partial charge in [-0.3, -0.25) is 4.98 Å². The van der Waals surface area contributed by atoms with Crippen LogP contribution in [-0.4, -0.2) is 36.1 Å². The lowest BCUT2D eigenvalue weighted by molar-refractivity contribution is 0.223. The second kappa shape index (κ2) is 10.6. The van der Waals surface area contributed by atoms with E-state index in [0.717, 1.165) is 47.0 Å². The van der Waals surface area contributed by atoms with Gasteiger partial charge in [0, 0.05) is 35.4 Å². The Morgan fingerprint density at radius 2 is 1.92 bits per heavy atom. The first-order chi connectivity index (χ1) is 12.2. The maximum Gasteiger partial charge on any atom is 0.0737 e. The van der Waals surface area contributed by atoms with Gasteiger partial charge in [-0.25, -0.2) is 0 Å². The molecule has 1 aromatic carbocycles. The minimum absolute atomic E-state index is 0.730. The molecule has 0 fully saturated rings. The Labute approximate surface area is 157 Å². The van der Waals surface area contributed by atoms with Crippen molar-refractivity contribution < 1.29 is 0 Å². The highest BCUT2D eigenvalue weighted by atomic mass is 35.5. The van der Waals surface area contributed by atoms with Gasteiger partial charge in [0.15, 0.2) is 0 Å². The Morgan fingerprint density at radius 1 is 1.12 bits per heavy atom. The van der Waals surface area contributed by atoms with Crippen LogP contribution < -0.4 is 5.32 Å². The molecule has 2 rings (SSSR count). The number of hydrogen-bond acceptors (Lipinski definition) is 3. The lowest BCUT2D eigenvalue weighted by Gasteiger charge is -2.26. The summed E-state index contributed by atoms with van der Waals surface area (Å²) < 4.78 is 0. The molecule has 0 atom stereocenters. The first kappa shape index (κ1) is 20.0. The van der Waals surface area contributed by atoms with Gasteiger partial charge in [0.1, 0.15) is 0 Å². The summed E-state index contributed by atoms with van der Waals surface area (Å²) in [7, 11) is 0. The van der Waals surface area contributed by atoms with Gasteiger partial charge in [0.25, 0.3) is 0 Å². The lowest BCUT2D eigenvalue weighted by Crippen LogP contribution is -2.32. The molecule has 1 heterocycles. The number of anilines is 1. The van der Waals surface area contributed by atoms with Gasteiger partial charge >= 0.3 is 0 Å². The fourth-order valence-electron chi connectivity index (χ4n) is 3.32. The van der Waals surface area contributed by atoms with Crippen LogP contribution in [0.5, 0.6) is 0 Å². The van der Waals surface area contributed by atoms with Gasteiger partial charge < -0.3 is 10.2 Å². The number of hydrogen-bond donors (Lipinski definition) is 1. The number of halogens is 1. The molecule has 25 heavy (non-hydrogen) atoms. The van der Waals surface area contributed by atoms with Gasteiger partial charge in [-0.1, -0.05) is 45.2 Å². The second-order valence-corrected chi connectivity index (χ2v) is 7.22. The average Bonchev–Trinajstić information content (AvgIpc) is 2.62. The second-order valence-electron chi connectivity index (χ2n) is 6.78. The molecular weight excluding hydrogens is 330 g/mol. The van der Waals surface area contributed by atoms with E-state index in [0.29, 0.717) is 0 Å². The van der Waals surface area contributed by atoms with Crippen LogP contribution in [-0.2, 0) is 0 Å². The number of rotatable bonds is 11. The molecule has 1 aromatic heterocycles. The summed E-state index contributed by atoms with van der Waals surface area (Å²) in [5.41, 5.74) is 2.09. The monoisotopic (exact) mass is 361 g/mol. The molecule has 0 saturated heterocycles. The van der Waals surface area contributed by atoms with E-state index in [1.165, 1.54) is 32.4 Å². The summed E-state index contributed by atoms with van der Waals surface area (Å²) in [5, 5.41) is 5.44. The third kappa shape index (κ3) is 6.16. The fraction of sp³-hybridized carbons (Fsp3) is 0.571. The van der Waals surface area contributed by atoms with Crippen LogP contribution in [0, 0.1) is 5.92 Å². The summed E-state index contributed by atoms with van der Waals surface area (Å²) in [6, 6.07) is 7.93. The van der Waals surface area contributed by atoms with Gasteiger partial charge in [-0.05, 0) is 56.1 Å². The predicted molar refractivity (Wildman–Crippen MR) is 111 cm³/mol. The van der Waals surface area contributed by atoms with Crippen molar-refractivity contribution in [2.24, 2.45) is 5.92 Å². The first-order valence-electron chi connectivity index (χ1n) is 9.68. The smallest absolute Gasteiger partial charge is 0.0737 e. The molecule has 3 nitrogen and oxygen atoms in total. The third-order valence-electron chi connectivity index (χ3n) is 4.88. The van der Waals surface area contributed by atoms with E-state index in [2.05, 4.69) is 36.0 Å². The maximum absolute atomic E-state index is 6.06. The van der Waals surface area contributed by atoms with E-state index in [-0.39, 0.29) is 0 Å². The molecule has 4 heteroatoms. The SMILES string of the molecule is CCCN(CCCNc1ccnc2cc(Cl)ccc12)CC(CC)CC. The van der Waals surface area contributed by atoms with Crippen LogP contribution in [0.25, 0.3) is 10.9 Å². The maximum atomic E-state index is 6.06. The minimum atomic E-state index is 0.730. The Hall–Kier alpha value is -1.32. The van der Waals surface area contributed by atoms with Gasteiger partial charge in [-0.2, -0.15) is 0 Å². The number of nitrogens with one attached hydrogen (secondary N) is 1. The summed E-state index contributed by atoms with van der Waals surface area (Å²) in [5.74, 6) is 0.827. The fourth-order valence-corrected chi connectivity index (χ4v) is 3.49. The molecule has 0 aliphatic heterocycles. The highest BCUT2D eigenvalue weighted by Crippen LogP contribution is 2.24. The van der Waals surface area contributed by atoms with E-state index >= 15 is 0 Å². The van der Waals surface area contributed by atoms with Gasteiger partial charge in [0.05, 0.1) is 5.52 Å². The van der Waals surface area contributed by atoms with Crippen molar-refractivity contribution in [3.63, 3.8) is 0 Å². The number of nitrogens with zero attached hydrogens (tertiary/aromatic N) is 2. The molecule has 0 aliphatic rings. The molecule has 2 aromatic rings. The minimum Gasteiger partial charge on any atom is -0.384 e. The molecule has 0 unspecified atom stereocenters. The number of benzene rings is 1. The molecule has 0 aliphatic carbocycles. The third-order valence-corrected chi connectivity index (χ3v) is 5.12. The molecule has 0 radical (unpaired) electrons.